The largest absolute Gasteiger partial charge is 0.367 e. The number of piperazine rings is 1. The van der Waals surface area contributed by atoms with Crippen LogP contribution in [0.3, 0.4) is 0 Å². The highest BCUT2D eigenvalue weighted by Gasteiger charge is 2.16. The zero-order valence-corrected chi connectivity index (χ0v) is 19.3. The van der Waals surface area contributed by atoms with Crippen molar-refractivity contribution in [1.29, 1.82) is 0 Å². The Hall–Kier alpha value is -2.99. The molecular formula is C21H23ClFN7O2S. The van der Waals surface area contributed by atoms with Crippen molar-refractivity contribution in [3.05, 3.63) is 59.5 Å². The average molecular weight is 492 g/mol. The minimum absolute atomic E-state index is 0.216. The van der Waals surface area contributed by atoms with Crippen LogP contribution in [0.1, 0.15) is 0 Å². The number of nitrogens with one attached hydrogen (secondary N) is 3. The van der Waals surface area contributed by atoms with Crippen molar-refractivity contribution in [2.75, 3.05) is 53.1 Å². The number of hydrogen-bond donors (Lipinski definition) is 4. The zero-order valence-electron chi connectivity index (χ0n) is 17.8. The molecule has 0 saturated carbocycles. The molecule has 0 spiro atoms. The molecule has 174 valence electrons. The number of benzene rings is 2. The summed E-state index contributed by atoms with van der Waals surface area (Å²) in [5.41, 5.74) is 2.06. The number of rotatable bonds is 7. The Kier molecular flexibility index (Phi) is 7.23. The molecule has 4 N–H and O–H groups in total. The number of nitrogens with zero attached hydrogens (tertiary/aromatic N) is 4. The molecule has 2 heterocycles. The lowest BCUT2D eigenvalue weighted by molar-refractivity contribution is 0.562. The van der Waals surface area contributed by atoms with E-state index in [9.17, 15) is 13.2 Å². The summed E-state index contributed by atoms with van der Waals surface area (Å²) in [6.45, 7) is 3.14. The third-order valence-corrected chi connectivity index (χ3v) is 6.08. The van der Waals surface area contributed by atoms with Crippen molar-refractivity contribution < 1.29 is 13.2 Å². The summed E-state index contributed by atoms with van der Waals surface area (Å²) in [7, 11) is 1.49. The Balaban J connectivity index is 1.54. The minimum atomic E-state index is -2.20. The van der Waals surface area contributed by atoms with Gasteiger partial charge >= 0.3 is 0 Å². The molecule has 4 rings (SSSR count). The molecular weight excluding hydrogens is 469 g/mol. The highest BCUT2D eigenvalue weighted by Crippen LogP contribution is 2.31. The summed E-state index contributed by atoms with van der Waals surface area (Å²) in [5.74, 6) is 0.174. The molecule has 0 amide bonds. The topological polar surface area (TPSA) is 106 Å². The van der Waals surface area contributed by atoms with Crippen LogP contribution in [0.15, 0.2) is 48.7 Å². The molecule has 2 aromatic carbocycles. The van der Waals surface area contributed by atoms with Gasteiger partial charge in [0, 0.05) is 38.9 Å². The van der Waals surface area contributed by atoms with Crippen LogP contribution in [0, 0.1) is 5.82 Å². The summed E-state index contributed by atoms with van der Waals surface area (Å²) in [4.78, 5) is 10.6. The highest BCUT2D eigenvalue weighted by molar-refractivity contribution is 7.80. The van der Waals surface area contributed by atoms with Gasteiger partial charge in [0.25, 0.3) is 11.3 Å². The van der Waals surface area contributed by atoms with E-state index in [0.717, 1.165) is 26.2 Å². The van der Waals surface area contributed by atoms with E-state index in [-0.39, 0.29) is 22.6 Å². The van der Waals surface area contributed by atoms with E-state index in [1.54, 1.807) is 36.4 Å². The van der Waals surface area contributed by atoms with Crippen LogP contribution >= 0.6 is 11.6 Å². The van der Waals surface area contributed by atoms with Crippen LogP contribution in [0.5, 0.6) is 0 Å². The maximum absolute atomic E-state index is 14.7. The number of para-hydroxylation sites is 2. The van der Waals surface area contributed by atoms with Gasteiger partial charge in [0.05, 0.1) is 23.3 Å². The van der Waals surface area contributed by atoms with Crippen molar-refractivity contribution in [1.82, 2.24) is 15.3 Å². The lowest BCUT2D eigenvalue weighted by atomic mass is 10.2. The van der Waals surface area contributed by atoms with Crippen LogP contribution in [-0.2, 0) is 11.3 Å². The molecule has 0 aliphatic carbocycles. The summed E-state index contributed by atoms with van der Waals surface area (Å²) < 4.78 is 36.8. The first-order chi connectivity index (χ1) is 15.9. The molecule has 0 bridgehead atoms. The molecule has 1 unspecified atom stereocenters. The van der Waals surface area contributed by atoms with Gasteiger partial charge in [-0.25, -0.2) is 13.6 Å². The Bertz CT molecular complexity index is 1160. The fourth-order valence-electron chi connectivity index (χ4n) is 3.46. The summed E-state index contributed by atoms with van der Waals surface area (Å²) in [5, 5.41) is 9.57. The summed E-state index contributed by atoms with van der Waals surface area (Å²) in [6, 6.07) is 11.9. The molecule has 1 atom stereocenters. The second-order valence-corrected chi connectivity index (χ2v) is 8.71. The van der Waals surface area contributed by atoms with Crippen molar-refractivity contribution in [3.63, 3.8) is 0 Å². The Morgan fingerprint density at radius 2 is 1.97 bits per heavy atom. The van der Waals surface area contributed by atoms with E-state index in [2.05, 4.69) is 25.9 Å². The molecule has 9 nitrogen and oxygen atoms in total. The highest BCUT2D eigenvalue weighted by atomic mass is 35.5. The van der Waals surface area contributed by atoms with Crippen molar-refractivity contribution in [2.45, 2.75) is 0 Å². The van der Waals surface area contributed by atoms with E-state index < -0.39 is 11.3 Å². The van der Waals surface area contributed by atoms with Crippen molar-refractivity contribution in [2.24, 2.45) is 0 Å². The predicted octanol–water partition coefficient (Wildman–Crippen LogP) is 3.74. The fourth-order valence-corrected chi connectivity index (χ4v) is 3.92. The maximum atomic E-state index is 14.7. The van der Waals surface area contributed by atoms with Crippen LogP contribution in [0.2, 0.25) is 5.02 Å². The number of aromatic nitrogens is 2. The predicted molar refractivity (Wildman–Crippen MR) is 131 cm³/mol. The fraction of sp³-hybridized carbons (Fsp3) is 0.238. The first kappa shape index (κ1) is 23.2. The molecule has 1 saturated heterocycles. The monoisotopic (exact) mass is 491 g/mol. The third kappa shape index (κ3) is 5.50. The van der Waals surface area contributed by atoms with Crippen LogP contribution in [0.4, 0.5) is 38.9 Å². The SMILES string of the molecule is CN(c1ccccc1Nc1nc(Nc2ccc(N3CCNCC3)c(F)c2)ncc1Cl)S(=O)O. The van der Waals surface area contributed by atoms with Gasteiger partial charge in [-0.15, -0.1) is 0 Å². The maximum Gasteiger partial charge on any atom is 0.261 e. The van der Waals surface area contributed by atoms with Crippen molar-refractivity contribution >= 4 is 57.4 Å². The Morgan fingerprint density at radius 3 is 2.70 bits per heavy atom. The van der Waals surface area contributed by atoms with E-state index in [1.807, 2.05) is 4.90 Å². The standard InChI is InChI=1S/C21H23ClFN7O2S/c1-29(33(31)32)19-5-3-2-4-17(19)27-20-15(22)13-25-21(28-20)26-14-6-7-18(16(23)12-14)30-10-8-24-9-11-30/h2-7,12-13,24H,8-11H2,1H3,(H,31,32)(H2,25,26,27,28). The minimum Gasteiger partial charge on any atom is -0.367 e. The second kappa shape index (κ2) is 10.3. The molecule has 0 radical (unpaired) electrons. The molecule has 1 aliphatic rings. The van der Waals surface area contributed by atoms with Gasteiger partial charge < -0.3 is 20.9 Å². The van der Waals surface area contributed by atoms with Gasteiger partial charge in [-0.3, -0.25) is 8.86 Å². The van der Waals surface area contributed by atoms with E-state index in [4.69, 9.17) is 11.6 Å². The normalized spacial score (nSPS) is 14.6. The van der Waals surface area contributed by atoms with Crippen molar-refractivity contribution in [3.8, 4) is 0 Å². The van der Waals surface area contributed by atoms with Gasteiger partial charge in [0.2, 0.25) is 5.95 Å². The summed E-state index contributed by atoms with van der Waals surface area (Å²) in [6.07, 6.45) is 1.42. The molecule has 12 heteroatoms. The molecule has 1 aliphatic heterocycles. The number of halogens is 2. The molecule has 3 aromatic rings. The number of anilines is 6. The lowest BCUT2D eigenvalue weighted by Gasteiger charge is -2.29. The molecule has 1 aromatic heterocycles. The second-order valence-electron chi connectivity index (χ2n) is 7.29. The third-order valence-electron chi connectivity index (χ3n) is 5.14. The van der Waals surface area contributed by atoms with Gasteiger partial charge in [-0.1, -0.05) is 23.7 Å². The lowest BCUT2D eigenvalue weighted by Crippen LogP contribution is -2.43. The summed E-state index contributed by atoms with van der Waals surface area (Å²) >= 11 is 4.07. The Labute approximate surface area is 198 Å². The smallest absolute Gasteiger partial charge is 0.261 e. The molecule has 1 fully saturated rings. The van der Waals surface area contributed by atoms with Gasteiger partial charge in [0.15, 0.2) is 5.82 Å². The van der Waals surface area contributed by atoms with Crippen LogP contribution in [0.25, 0.3) is 0 Å². The Morgan fingerprint density at radius 1 is 1.21 bits per heavy atom. The van der Waals surface area contributed by atoms with Crippen LogP contribution in [-0.4, -0.2) is 52.0 Å². The first-order valence-electron chi connectivity index (χ1n) is 10.2. The van der Waals surface area contributed by atoms with E-state index in [0.29, 0.717) is 22.7 Å². The quantitative estimate of drug-likeness (QED) is 0.370. The zero-order chi connectivity index (χ0) is 23.4. The molecule has 33 heavy (non-hydrogen) atoms. The van der Waals surface area contributed by atoms with Gasteiger partial charge in [-0.05, 0) is 30.3 Å². The first-order valence-corrected chi connectivity index (χ1v) is 11.6. The van der Waals surface area contributed by atoms with E-state index in [1.165, 1.54) is 23.6 Å². The van der Waals surface area contributed by atoms with Crippen LogP contribution < -0.4 is 25.2 Å². The average Bonchev–Trinajstić information content (AvgIpc) is 2.82. The number of hydrogen-bond acceptors (Lipinski definition) is 7. The van der Waals surface area contributed by atoms with Gasteiger partial charge in [-0.2, -0.15) is 4.98 Å². The van der Waals surface area contributed by atoms with Gasteiger partial charge in [0.1, 0.15) is 10.8 Å². The van der Waals surface area contributed by atoms with E-state index >= 15 is 0 Å².